The Morgan fingerprint density at radius 3 is 2.39 bits per heavy atom. The summed E-state index contributed by atoms with van der Waals surface area (Å²) in [6.45, 7) is 9.11. The second-order valence-corrected chi connectivity index (χ2v) is 5.59. The molecule has 23 heavy (non-hydrogen) atoms. The summed E-state index contributed by atoms with van der Waals surface area (Å²) in [4.78, 5) is 2.07. The minimum absolute atomic E-state index is 0. The summed E-state index contributed by atoms with van der Waals surface area (Å²) in [6, 6.07) is 18.4. The van der Waals surface area contributed by atoms with Crippen molar-refractivity contribution in [2.45, 2.75) is 0 Å². The molecule has 2 nitrogen and oxygen atoms in total. The Labute approximate surface area is 166 Å². The third kappa shape index (κ3) is 5.88. The van der Waals surface area contributed by atoms with Crippen LogP contribution < -0.4 is 9.64 Å². The first-order chi connectivity index (χ1) is 10.8. The first-order valence-electron chi connectivity index (χ1n) is 7.18. The van der Waals surface area contributed by atoms with Crippen molar-refractivity contribution < 1.29 is 35.9 Å². The Bertz CT molecular complexity index is 664. The number of hydrogen-bond acceptors (Lipinski definition) is 3. The van der Waals surface area contributed by atoms with Crippen LogP contribution in [-0.2, 0) is 0 Å². The smallest absolute Gasteiger partial charge is 0.497 e. The van der Waals surface area contributed by atoms with Gasteiger partial charge in [-0.1, -0.05) is 24.3 Å². The molecule has 4 heteroatoms. The maximum Gasteiger partial charge on any atom is 2.00 e. The number of methoxy groups -OCH3 is 1. The Kier molecular flexibility index (Phi) is 9.40. The van der Waals surface area contributed by atoms with E-state index in [1.165, 1.54) is 10.1 Å². The van der Waals surface area contributed by atoms with Crippen LogP contribution in [0, 0.1) is 45.0 Å². The molecule has 1 aromatic heterocycles. The molecule has 0 aliphatic carbocycles. The van der Waals surface area contributed by atoms with E-state index in [2.05, 4.69) is 54.5 Å². The molecule has 0 saturated carbocycles. The molecule has 0 atom stereocenters. The topological polar surface area (TPSA) is 12.5 Å². The fourth-order valence-corrected chi connectivity index (χ4v) is 2.87. The average molecular weight is 549 g/mol. The fraction of sp³-hybridized carbons (Fsp3) is 0.158. The van der Waals surface area contributed by atoms with Crippen molar-refractivity contribution in [1.29, 1.82) is 0 Å². The molecule has 0 N–H and O–H groups in total. The standard InChI is InChI=1S/C11H15NO.C8H6S.U/c1-4-12(5-2)10-7-6-8-11(9-10)13-3;1-2-4-8-7(3-1)5-6-9-8;/h6-9H,1-2,4-5H2,3H3;1-6H;/q-2;;+2. The molecule has 1 heterocycles. The third-order valence-electron chi connectivity index (χ3n) is 3.32. The van der Waals surface area contributed by atoms with Crippen LogP contribution in [0.25, 0.3) is 10.1 Å². The van der Waals surface area contributed by atoms with Crippen LogP contribution in [0.1, 0.15) is 0 Å². The van der Waals surface area contributed by atoms with Gasteiger partial charge in [0.15, 0.2) is 0 Å². The zero-order valence-corrected chi connectivity index (χ0v) is 18.3. The minimum Gasteiger partial charge on any atom is -0.497 e. The number of benzene rings is 2. The molecule has 118 valence electrons. The molecule has 3 rings (SSSR count). The summed E-state index contributed by atoms with van der Waals surface area (Å²) in [5.74, 6) is 0.865. The zero-order valence-electron chi connectivity index (χ0n) is 13.4. The van der Waals surface area contributed by atoms with E-state index in [0.29, 0.717) is 0 Å². The van der Waals surface area contributed by atoms with E-state index < -0.39 is 0 Å². The van der Waals surface area contributed by atoms with Crippen LogP contribution in [0.15, 0.2) is 60.0 Å². The van der Waals surface area contributed by atoms with Crippen molar-refractivity contribution in [3.63, 3.8) is 0 Å². The van der Waals surface area contributed by atoms with Gasteiger partial charge >= 0.3 is 31.1 Å². The Morgan fingerprint density at radius 1 is 1.00 bits per heavy atom. The molecular formula is C19H21NOSU. The van der Waals surface area contributed by atoms with Gasteiger partial charge in [0.1, 0.15) is 5.75 Å². The van der Waals surface area contributed by atoms with Crippen LogP contribution in [0.4, 0.5) is 5.69 Å². The van der Waals surface area contributed by atoms with E-state index >= 15 is 0 Å². The zero-order chi connectivity index (χ0) is 15.8. The van der Waals surface area contributed by atoms with Gasteiger partial charge in [0.05, 0.1) is 7.11 Å². The molecule has 0 radical (unpaired) electrons. The number of fused-ring (bicyclic) bond motifs is 1. The monoisotopic (exact) mass is 549 g/mol. The largest absolute Gasteiger partial charge is 2.00 e. The summed E-state index contributed by atoms with van der Waals surface area (Å²) < 4.78 is 6.50. The molecule has 0 spiro atoms. The summed E-state index contributed by atoms with van der Waals surface area (Å²) in [5, 5.41) is 3.47. The van der Waals surface area contributed by atoms with Crippen LogP contribution in [0.2, 0.25) is 0 Å². The first-order valence-corrected chi connectivity index (χ1v) is 8.06. The van der Waals surface area contributed by atoms with Crippen molar-refractivity contribution >= 4 is 27.1 Å². The summed E-state index contributed by atoms with van der Waals surface area (Å²) >= 11 is 1.79. The van der Waals surface area contributed by atoms with E-state index in [4.69, 9.17) is 4.74 Å². The van der Waals surface area contributed by atoms with Crippen molar-refractivity contribution in [3.8, 4) is 5.75 Å². The number of anilines is 1. The number of thiophene rings is 1. The van der Waals surface area contributed by atoms with E-state index in [1.807, 2.05) is 24.3 Å². The molecule has 0 unspecified atom stereocenters. The normalized spacial score (nSPS) is 9.52. The van der Waals surface area contributed by atoms with E-state index in [1.54, 1.807) is 18.4 Å². The second-order valence-electron chi connectivity index (χ2n) is 4.65. The van der Waals surface area contributed by atoms with Gasteiger partial charge in [-0.15, -0.1) is 24.4 Å². The van der Waals surface area contributed by atoms with Gasteiger partial charge in [0.25, 0.3) is 0 Å². The predicted molar refractivity (Wildman–Crippen MR) is 97.7 cm³/mol. The van der Waals surface area contributed by atoms with Crippen LogP contribution in [0.5, 0.6) is 5.75 Å². The van der Waals surface area contributed by atoms with Crippen molar-refractivity contribution in [2.75, 3.05) is 25.1 Å². The number of ether oxygens (including phenoxy) is 1. The van der Waals surface area contributed by atoms with Gasteiger partial charge in [-0.05, 0) is 35.0 Å². The van der Waals surface area contributed by atoms with Gasteiger partial charge in [-0.3, -0.25) is 0 Å². The maximum absolute atomic E-state index is 5.13. The van der Waals surface area contributed by atoms with Gasteiger partial charge in [-0.25, -0.2) is 0 Å². The van der Waals surface area contributed by atoms with Crippen LogP contribution in [-0.4, -0.2) is 20.2 Å². The summed E-state index contributed by atoms with van der Waals surface area (Å²) in [5.41, 5.74) is 1.10. The van der Waals surface area contributed by atoms with Crippen LogP contribution >= 0.6 is 11.3 Å². The summed E-state index contributed by atoms with van der Waals surface area (Å²) in [6.07, 6.45) is 0. The second kappa shape index (κ2) is 10.8. The van der Waals surface area contributed by atoms with Crippen molar-refractivity contribution in [2.24, 2.45) is 0 Å². The minimum atomic E-state index is 0. The number of rotatable bonds is 4. The van der Waals surface area contributed by atoms with E-state index in [-0.39, 0.29) is 31.1 Å². The maximum atomic E-state index is 5.13. The van der Waals surface area contributed by atoms with E-state index in [0.717, 1.165) is 24.5 Å². The third-order valence-corrected chi connectivity index (χ3v) is 4.22. The molecule has 0 amide bonds. The molecule has 2 aromatic carbocycles. The molecule has 0 bridgehead atoms. The van der Waals surface area contributed by atoms with Crippen molar-refractivity contribution in [1.82, 2.24) is 0 Å². The molecule has 0 aliphatic rings. The Morgan fingerprint density at radius 2 is 1.74 bits per heavy atom. The number of nitrogens with zero attached hydrogens (tertiary/aromatic N) is 1. The van der Waals surface area contributed by atoms with Crippen LogP contribution in [0.3, 0.4) is 0 Å². The number of hydrogen-bond donors (Lipinski definition) is 0. The Hall–Kier alpha value is -0.948. The Balaban J connectivity index is 0.000000232. The van der Waals surface area contributed by atoms with Crippen molar-refractivity contribution in [3.05, 3.63) is 73.8 Å². The molecule has 3 aromatic rings. The van der Waals surface area contributed by atoms with Gasteiger partial charge in [0.2, 0.25) is 0 Å². The van der Waals surface area contributed by atoms with Gasteiger partial charge in [-0.2, -0.15) is 0 Å². The van der Waals surface area contributed by atoms with E-state index in [9.17, 15) is 0 Å². The average Bonchev–Trinajstić information content (AvgIpc) is 3.05. The SMILES string of the molecule is [CH2-]CN(C[CH2-])c1cccc(OC)c1.[U+2].c1ccc2sccc2c1. The molecule has 0 saturated heterocycles. The predicted octanol–water partition coefficient (Wildman–Crippen LogP) is 5.07. The molecular weight excluding hydrogens is 528 g/mol. The first kappa shape index (κ1) is 20.1. The van der Waals surface area contributed by atoms with Gasteiger partial charge < -0.3 is 23.5 Å². The van der Waals surface area contributed by atoms with Gasteiger partial charge in [0, 0.05) is 16.5 Å². The quantitative estimate of drug-likeness (QED) is 0.422. The summed E-state index contributed by atoms with van der Waals surface area (Å²) in [7, 11) is 1.66. The molecule has 0 aliphatic heterocycles. The fourth-order valence-electron chi connectivity index (χ4n) is 2.08. The molecule has 0 fully saturated rings.